The molecule has 2 heterocycles. The number of carbonyl (C=O) groups excluding carboxylic acids is 3. The third-order valence-electron chi connectivity index (χ3n) is 6.10. The van der Waals surface area contributed by atoms with E-state index in [1.54, 1.807) is 41.3 Å². The van der Waals surface area contributed by atoms with Crippen molar-refractivity contribution in [1.82, 2.24) is 9.80 Å². The number of amides is 3. The average molecular weight is 515 g/mol. The van der Waals surface area contributed by atoms with Crippen molar-refractivity contribution in [3.8, 4) is 11.5 Å². The highest BCUT2D eigenvalue weighted by atomic mass is 35.5. The van der Waals surface area contributed by atoms with Crippen molar-refractivity contribution in [2.24, 2.45) is 5.92 Å². The summed E-state index contributed by atoms with van der Waals surface area (Å²) < 4.78 is 11.3. The molecule has 7 nitrogen and oxygen atoms in total. The van der Waals surface area contributed by atoms with Crippen LogP contribution in [0, 0.1) is 5.92 Å². The van der Waals surface area contributed by atoms with Crippen molar-refractivity contribution >= 4 is 46.5 Å². The van der Waals surface area contributed by atoms with Crippen LogP contribution in [-0.2, 0) is 16.2 Å². The number of carbonyl (C=O) groups is 3. The number of hydrogen-bond acceptors (Lipinski definition) is 6. The first-order chi connectivity index (χ1) is 16.8. The van der Waals surface area contributed by atoms with Crippen LogP contribution in [0.1, 0.15) is 30.9 Å². The van der Waals surface area contributed by atoms with Crippen LogP contribution >= 0.6 is 23.4 Å². The Labute approximate surface area is 214 Å². The summed E-state index contributed by atoms with van der Waals surface area (Å²) in [6, 6.07) is 12.7. The van der Waals surface area contributed by atoms with Gasteiger partial charge < -0.3 is 14.4 Å². The molecule has 0 spiro atoms. The van der Waals surface area contributed by atoms with Gasteiger partial charge in [0, 0.05) is 18.1 Å². The Morgan fingerprint density at radius 3 is 2.51 bits per heavy atom. The number of imide groups is 1. The van der Waals surface area contributed by atoms with Crippen molar-refractivity contribution in [2.75, 3.05) is 26.7 Å². The van der Waals surface area contributed by atoms with E-state index in [-0.39, 0.29) is 17.4 Å². The largest absolute Gasteiger partial charge is 0.493 e. The van der Waals surface area contributed by atoms with Gasteiger partial charge in [0.05, 0.1) is 12.0 Å². The van der Waals surface area contributed by atoms with E-state index in [2.05, 4.69) is 6.92 Å². The summed E-state index contributed by atoms with van der Waals surface area (Å²) in [7, 11) is 1.54. The fraction of sp³-hybridized carbons (Fsp3) is 0.346. The van der Waals surface area contributed by atoms with Crippen LogP contribution in [0.4, 0.5) is 4.79 Å². The summed E-state index contributed by atoms with van der Waals surface area (Å²) in [5.74, 6) is 0.992. The minimum absolute atomic E-state index is 0.190. The van der Waals surface area contributed by atoms with Gasteiger partial charge in [0.15, 0.2) is 11.5 Å². The van der Waals surface area contributed by atoms with E-state index in [0.29, 0.717) is 47.7 Å². The first kappa shape index (κ1) is 25.1. The molecule has 0 bridgehead atoms. The van der Waals surface area contributed by atoms with E-state index in [1.807, 2.05) is 12.1 Å². The van der Waals surface area contributed by atoms with Crippen LogP contribution in [0.3, 0.4) is 0 Å². The fourth-order valence-electron chi connectivity index (χ4n) is 3.92. The smallest absolute Gasteiger partial charge is 0.294 e. The van der Waals surface area contributed by atoms with Gasteiger partial charge in [-0.2, -0.15) is 0 Å². The third kappa shape index (κ3) is 6.18. The molecule has 2 saturated heterocycles. The van der Waals surface area contributed by atoms with Crippen LogP contribution in [0.2, 0.25) is 5.02 Å². The highest BCUT2D eigenvalue weighted by Crippen LogP contribution is 2.35. The van der Waals surface area contributed by atoms with Crippen molar-refractivity contribution in [1.29, 1.82) is 0 Å². The Hall–Kier alpha value is -2.97. The number of methoxy groups -OCH3 is 1. The monoisotopic (exact) mass is 514 g/mol. The SMILES string of the molecule is COc1cc(/C=C2/SC(=O)N(CC(=O)N3CCC(C)CC3)C2=O)ccc1OCc1ccc(Cl)cc1. The van der Waals surface area contributed by atoms with Gasteiger partial charge in [-0.3, -0.25) is 19.3 Å². The van der Waals surface area contributed by atoms with Gasteiger partial charge in [0.2, 0.25) is 5.91 Å². The van der Waals surface area contributed by atoms with E-state index in [0.717, 1.165) is 35.1 Å². The predicted molar refractivity (Wildman–Crippen MR) is 136 cm³/mol. The molecule has 0 saturated carbocycles. The lowest BCUT2D eigenvalue weighted by Gasteiger charge is -2.31. The van der Waals surface area contributed by atoms with Gasteiger partial charge in [-0.05, 0) is 72.0 Å². The first-order valence-corrected chi connectivity index (χ1v) is 12.6. The standard InChI is InChI=1S/C26H27ClN2O5S/c1-17-9-11-28(12-10-17)24(30)15-29-25(31)23(35-26(29)32)14-19-5-8-21(22(13-19)33-2)34-16-18-3-6-20(27)7-4-18/h3-8,13-14,17H,9-12,15-16H2,1-2H3/b23-14+. The van der Waals surface area contributed by atoms with Gasteiger partial charge in [-0.25, -0.2) is 0 Å². The molecule has 2 aliphatic heterocycles. The van der Waals surface area contributed by atoms with E-state index in [4.69, 9.17) is 21.1 Å². The lowest BCUT2D eigenvalue weighted by atomic mass is 9.99. The molecule has 0 radical (unpaired) electrons. The maximum absolute atomic E-state index is 12.9. The van der Waals surface area contributed by atoms with Crippen LogP contribution in [0.25, 0.3) is 6.08 Å². The molecule has 35 heavy (non-hydrogen) atoms. The molecule has 184 valence electrons. The number of rotatable bonds is 7. The number of thioether (sulfide) groups is 1. The molecule has 4 rings (SSSR count). The molecule has 0 atom stereocenters. The molecule has 3 amide bonds. The number of ether oxygens (including phenoxy) is 2. The lowest BCUT2D eigenvalue weighted by molar-refractivity contribution is -0.136. The summed E-state index contributed by atoms with van der Waals surface area (Å²) in [6.45, 7) is 3.61. The lowest BCUT2D eigenvalue weighted by Crippen LogP contribution is -2.45. The zero-order valence-electron chi connectivity index (χ0n) is 19.7. The molecular weight excluding hydrogens is 488 g/mol. The van der Waals surface area contributed by atoms with Crippen molar-refractivity contribution in [3.63, 3.8) is 0 Å². The maximum atomic E-state index is 12.9. The zero-order valence-corrected chi connectivity index (χ0v) is 21.2. The molecular formula is C26H27ClN2O5S. The van der Waals surface area contributed by atoms with Crippen LogP contribution in [0.5, 0.6) is 11.5 Å². The molecule has 9 heteroatoms. The van der Waals surface area contributed by atoms with Crippen molar-refractivity contribution < 1.29 is 23.9 Å². The number of piperidine rings is 1. The summed E-state index contributed by atoms with van der Waals surface area (Å²) in [4.78, 5) is 41.0. The maximum Gasteiger partial charge on any atom is 0.294 e. The normalized spacial score (nSPS) is 17.9. The Kier molecular flexibility index (Phi) is 8.03. The van der Waals surface area contributed by atoms with Crippen LogP contribution in [0.15, 0.2) is 47.4 Å². The van der Waals surface area contributed by atoms with E-state index >= 15 is 0 Å². The Balaban J connectivity index is 1.42. The summed E-state index contributed by atoms with van der Waals surface area (Å²) in [5.41, 5.74) is 1.64. The number of likely N-dealkylation sites (tertiary alicyclic amines) is 1. The van der Waals surface area contributed by atoms with Gasteiger partial charge >= 0.3 is 0 Å². The van der Waals surface area contributed by atoms with Crippen LogP contribution in [-0.4, -0.2) is 53.6 Å². The van der Waals surface area contributed by atoms with Gasteiger partial charge in [0.25, 0.3) is 11.1 Å². The molecule has 2 aromatic carbocycles. The topological polar surface area (TPSA) is 76.2 Å². The molecule has 0 aliphatic carbocycles. The highest BCUT2D eigenvalue weighted by molar-refractivity contribution is 8.18. The number of nitrogens with zero attached hydrogens (tertiary/aromatic N) is 2. The minimum atomic E-state index is -0.458. The Bertz CT molecular complexity index is 1140. The Morgan fingerprint density at radius 1 is 1.11 bits per heavy atom. The molecule has 2 aliphatic rings. The second kappa shape index (κ2) is 11.2. The van der Waals surface area contributed by atoms with Gasteiger partial charge in [-0.1, -0.05) is 36.7 Å². The number of benzene rings is 2. The van der Waals surface area contributed by atoms with E-state index in [9.17, 15) is 14.4 Å². The third-order valence-corrected chi connectivity index (χ3v) is 7.26. The molecule has 2 fully saturated rings. The second-order valence-corrected chi connectivity index (χ2v) is 10.1. The number of hydrogen-bond donors (Lipinski definition) is 0. The highest BCUT2D eigenvalue weighted by Gasteiger charge is 2.37. The Morgan fingerprint density at radius 2 is 1.83 bits per heavy atom. The van der Waals surface area contributed by atoms with E-state index < -0.39 is 11.1 Å². The van der Waals surface area contributed by atoms with Crippen molar-refractivity contribution in [3.05, 3.63) is 63.5 Å². The first-order valence-electron chi connectivity index (χ1n) is 11.4. The summed E-state index contributed by atoms with van der Waals surface area (Å²) in [5, 5.41) is 0.223. The quantitative estimate of drug-likeness (QED) is 0.471. The zero-order chi connectivity index (χ0) is 24.9. The fourth-order valence-corrected chi connectivity index (χ4v) is 4.88. The predicted octanol–water partition coefficient (Wildman–Crippen LogP) is 5.22. The minimum Gasteiger partial charge on any atom is -0.493 e. The summed E-state index contributed by atoms with van der Waals surface area (Å²) >= 11 is 6.76. The summed E-state index contributed by atoms with van der Waals surface area (Å²) in [6.07, 6.45) is 3.51. The number of halogens is 1. The molecule has 0 aromatic heterocycles. The average Bonchev–Trinajstić information content (AvgIpc) is 3.11. The van der Waals surface area contributed by atoms with Crippen LogP contribution < -0.4 is 9.47 Å². The van der Waals surface area contributed by atoms with Gasteiger partial charge in [0.1, 0.15) is 13.2 Å². The van der Waals surface area contributed by atoms with Crippen molar-refractivity contribution in [2.45, 2.75) is 26.4 Å². The second-order valence-electron chi connectivity index (χ2n) is 8.66. The molecule has 2 aromatic rings. The van der Waals surface area contributed by atoms with E-state index in [1.165, 1.54) is 7.11 Å². The van der Waals surface area contributed by atoms with Gasteiger partial charge in [-0.15, -0.1) is 0 Å². The molecule has 0 N–H and O–H groups in total. The molecule has 0 unspecified atom stereocenters.